The van der Waals surface area contributed by atoms with E-state index >= 15 is 0 Å². The van der Waals surface area contributed by atoms with Crippen molar-refractivity contribution in [3.05, 3.63) is 179 Å². The van der Waals surface area contributed by atoms with Crippen LogP contribution in [0.15, 0.2) is 175 Å². The van der Waals surface area contributed by atoms with Gasteiger partial charge in [-0.3, -0.25) is 4.90 Å². The number of nitrogens with zero attached hydrogens (tertiary/aromatic N) is 6. The van der Waals surface area contributed by atoms with Crippen LogP contribution in [0.25, 0.3) is 0 Å². The fraction of sp³-hybridized carbons (Fsp3) is 0.357. The molecule has 0 aliphatic carbocycles. The van der Waals surface area contributed by atoms with Gasteiger partial charge in [0.2, 0.25) is 60.1 Å². The molecule has 81 heavy (non-hydrogen) atoms. The topological polar surface area (TPSA) is 236 Å². The van der Waals surface area contributed by atoms with Crippen molar-refractivity contribution >= 4 is 60.1 Å². The van der Waals surface area contributed by atoms with E-state index < -0.39 is 112 Å². The van der Waals surface area contributed by atoms with Gasteiger partial charge in [-0.25, -0.2) is 55.2 Å². The standard InChI is InChI=1S/C56H71N7O12S6/c1-45-7-19-51(20-8-45)76(64,65)57-31-32-58-33-35-59(77(66,67)52-21-9-46(2)10-22-52)37-39-61(79(70,71)54-25-13-48(4)14-26-54)41-43-63(81(74,75)56-29-17-50(6)18-30-56)44-42-62(80(72,73)55-27-15-49(5)16-28-55)40-38-60(36-34-58)78(68,69)53-23-11-47(3)12-24-53/h7-30,57H,31-44H2,1-6H3. The summed E-state index contributed by atoms with van der Waals surface area (Å²) in [5.74, 6) is 0. The number of hydrogen-bond donors (Lipinski definition) is 1. The van der Waals surface area contributed by atoms with Crippen LogP contribution in [0.5, 0.6) is 0 Å². The number of sulfonamides is 6. The van der Waals surface area contributed by atoms with Gasteiger partial charge in [0, 0.05) is 91.6 Å². The summed E-state index contributed by atoms with van der Waals surface area (Å²) in [6.07, 6.45) is 0. The molecule has 0 radical (unpaired) electrons. The molecule has 0 amide bonds. The van der Waals surface area contributed by atoms with E-state index in [9.17, 15) is 50.5 Å². The van der Waals surface area contributed by atoms with Crippen molar-refractivity contribution in [2.24, 2.45) is 0 Å². The van der Waals surface area contributed by atoms with Gasteiger partial charge in [0.1, 0.15) is 0 Å². The van der Waals surface area contributed by atoms with Crippen LogP contribution in [0.2, 0.25) is 0 Å². The number of rotatable bonds is 15. The number of nitrogens with one attached hydrogen (secondary N) is 1. The van der Waals surface area contributed by atoms with Crippen LogP contribution in [0, 0.1) is 41.5 Å². The second kappa shape index (κ2) is 26.5. The molecular formula is C56H71N7O12S6. The Morgan fingerprint density at radius 2 is 0.444 bits per heavy atom. The van der Waals surface area contributed by atoms with E-state index in [1.807, 2.05) is 6.92 Å². The number of hydrogen-bond acceptors (Lipinski definition) is 13. The van der Waals surface area contributed by atoms with E-state index in [1.54, 1.807) is 112 Å². The van der Waals surface area contributed by atoms with E-state index in [4.69, 9.17) is 0 Å². The summed E-state index contributed by atoms with van der Waals surface area (Å²) in [5.41, 5.74) is 4.65. The Labute approximate surface area is 480 Å². The Morgan fingerprint density at radius 3 is 0.642 bits per heavy atom. The maximum Gasteiger partial charge on any atom is 0.243 e. The lowest BCUT2D eigenvalue weighted by molar-refractivity contribution is 0.223. The predicted octanol–water partition coefficient (Wildman–Crippen LogP) is 5.59. The van der Waals surface area contributed by atoms with Gasteiger partial charge in [0.25, 0.3) is 0 Å². The third-order valence-corrected chi connectivity index (χ3v) is 25.1. The van der Waals surface area contributed by atoms with Gasteiger partial charge in [-0.1, -0.05) is 106 Å². The molecule has 1 fully saturated rings. The molecule has 19 nitrogen and oxygen atoms in total. The molecule has 438 valence electrons. The lowest BCUT2D eigenvalue weighted by atomic mass is 10.2. The highest BCUT2D eigenvalue weighted by Crippen LogP contribution is 2.25. The minimum atomic E-state index is -4.54. The van der Waals surface area contributed by atoms with Gasteiger partial charge in [-0.2, -0.15) is 21.5 Å². The third kappa shape index (κ3) is 15.9. The first-order valence-corrected chi connectivity index (χ1v) is 34.9. The molecule has 0 unspecified atom stereocenters. The van der Waals surface area contributed by atoms with E-state index in [2.05, 4.69) is 4.72 Å². The molecule has 7 rings (SSSR count). The fourth-order valence-corrected chi connectivity index (χ4v) is 17.1. The van der Waals surface area contributed by atoms with E-state index in [0.717, 1.165) is 54.9 Å². The Bertz CT molecular complexity index is 3630. The Kier molecular flexibility index (Phi) is 20.7. The van der Waals surface area contributed by atoms with Crippen molar-refractivity contribution in [2.45, 2.75) is 70.9 Å². The van der Waals surface area contributed by atoms with Crippen molar-refractivity contribution in [3.63, 3.8) is 0 Å². The van der Waals surface area contributed by atoms with Crippen LogP contribution < -0.4 is 4.72 Å². The average molecular weight is 1230 g/mol. The van der Waals surface area contributed by atoms with E-state index in [0.29, 0.717) is 0 Å². The first-order valence-electron chi connectivity index (χ1n) is 26.2. The monoisotopic (exact) mass is 1230 g/mol. The quantitative estimate of drug-likeness (QED) is 0.132. The molecule has 1 saturated heterocycles. The molecule has 0 aromatic heterocycles. The molecule has 1 aliphatic rings. The summed E-state index contributed by atoms with van der Waals surface area (Å²) >= 11 is 0. The normalized spacial score (nSPS) is 17.1. The molecule has 25 heteroatoms. The zero-order valence-electron chi connectivity index (χ0n) is 46.3. The maximum atomic E-state index is 14.9. The average Bonchev–Trinajstić information content (AvgIpc) is 3.61. The lowest BCUT2D eigenvalue weighted by Gasteiger charge is -2.33. The predicted molar refractivity (Wildman–Crippen MR) is 312 cm³/mol. The molecule has 1 aliphatic heterocycles. The summed E-state index contributed by atoms with van der Waals surface area (Å²) < 4.78 is 184. The summed E-state index contributed by atoms with van der Waals surface area (Å²) in [5, 5.41) is 0. The van der Waals surface area contributed by atoms with Crippen LogP contribution in [-0.2, 0) is 60.1 Å². The lowest BCUT2D eigenvalue weighted by Crippen LogP contribution is -2.50. The van der Waals surface area contributed by atoms with Gasteiger partial charge in [-0.15, -0.1) is 0 Å². The minimum absolute atomic E-state index is 0.00435. The minimum Gasteiger partial charge on any atom is -0.299 e. The first-order chi connectivity index (χ1) is 38.1. The highest BCUT2D eigenvalue weighted by atomic mass is 32.2. The molecule has 1 N–H and O–H groups in total. The van der Waals surface area contributed by atoms with Crippen LogP contribution in [0.1, 0.15) is 33.4 Å². The van der Waals surface area contributed by atoms with Gasteiger partial charge in [0.15, 0.2) is 0 Å². The molecule has 1 heterocycles. The Balaban J connectivity index is 1.37. The van der Waals surface area contributed by atoms with Gasteiger partial charge in [-0.05, 0) is 114 Å². The van der Waals surface area contributed by atoms with E-state index in [-0.39, 0.29) is 68.6 Å². The van der Waals surface area contributed by atoms with Crippen LogP contribution >= 0.6 is 0 Å². The fourth-order valence-electron chi connectivity index (χ4n) is 8.93. The zero-order valence-corrected chi connectivity index (χ0v) is 51.2. The summed E-state index contributed by atoms with van der Waals surface area (Å²) in [4.78, 5) is 1.05. The molecule has 6 aromatic rings. The second-order valence-corrected chi connectivity index (χ2v) is 31.6. The van der Waals surface area contributed by atoms with E-state index in [1.165, 1.54) is 72.8 Å². The largest absolute Gasteiger partial charge is 0.299 e. The van der Waals surface area contributed by atoms with Gasteiger partial charge >= 0.3 is 0 Å². The molecule has 0 atom stereocenters. The molecule has 0 bridgehead atoms. The SMILES string of the molecule is Cc1ccc(S(=O)(=O)NCCN2CCN(S(=O)(=O)c3ccc(C)cc3)CCN(S(=O)(=O)c3ccc(C)cc3)CCN(S(=O)(=O)c3ccc(C)cc3)CCN(S(=O)(=O)c3ccc(C)cc3)CCN(S(=O)(=O)c3ccc(C)cc3)CC2)cc1. The third-order valence-electron chi connectivity index (χ3n) is 14.1. The second-order valence-electron chi connectivity index (χ2n) is 20.1. The molecule has 6 aromatic carbocycles. The molecule has 0 saturated carbocycles. The zero-order chi connectivity index (χ0) is 59.0. The molecular weight excluding hydrogens is 1160 g/mol. The summed E-state index contributed by atoms with van der Waals surface area (Å²) in [7, 11) is -26.5. The molecule has 0 spiro atoms. The van der Waals surface area contributed by atoms with Crippen LogP contribution in [0.3, 0.4) is 0 Å². The van der Waals surface area contributed by atoms with Crippen molar-refractivity contribution in [1.82, 2.24) is 31.1 Å². The number of aryl methyl sites for hydroxylation is 6. The van der Waals surface area contributed by atoms with Crippen molar-refractivity contribution in [1.29, 1.82) is 0 Å². The van der Waals surface area contributed by atoms with Crippen molar-refractivity contribution in [2.75, 3.05) is 91.6 Å². The van der Waals surface area contributed by atoms with Gasteiger partial charge < -0.3 is 0 Å². The smallest absolute Gasteiger partial charge is 0.243 e. The maximum absolute atomic E-state index is 14.9. The summed E-state index contributed by atoms with van der Waals surface area (Å²) in [6.45, 7) is 5.48. The highest BCUT2D eigenvalue weighted by molar-refractivity contribution is 7.90. The van der Waals surface area contributed by atoms with Crippen molar-refractivity contribution in [3.8, 4) is 0 Å². The Hall–Kier alpha value is -5.26. The number of benzene rings is 6. The van der Waals surface area contributed by atoms with Gasteiger partial charge in [0.05, 0.1) is 29.4 Å². The van der Waals surface area contributed by atoms with Crippen molar-refractivity contribution < 1.29 is 50.5 Å². The Morgan fingerprint density at radius 1 is 0.272 bits per heavy atom. The first kappa shape index (κ1) is 63.3. The van der Waals surface area contributed by atoms with Crippen LogP contribution in [0.4, 0.5) is 0 Å². The summed E-state index contributed by atoms with van der Waals surface area (Å²) in [6, 6.07) is 36.4. The highest BCUT2D eigenvalue weighted by Gasteiger charge is 2.35. The van der Waals surface area contributed by atoms with Crippen LogP contribution in [-0.4, -0.2) is 169 Å².